The van der Waals surface area contributed by atoms with Crippen LogP contribution in [0.25, 0.3) is 11.6 Å². The number of allylic oxidation sites excluding steroid dienone is 1. The first kappa shape index (κ1) is 38.1. The van der Waals surface area contributed by atoms with Gasteiger partial charge in [-0.1, -0.05) is 110 Å². The second-order valence-electron chi connectivity index (χ2n) is 15.7. The smallest absolute Gasteiger partial charge is 0.261 e. The maximum Gasteiger partial charge on any atom is 0.261 e. The first-order chi connectivity index (χ1) is 26.0. The number of likely N-dealkylation sites (tertiary alicyclic amines) is 1. The molecule has 54 heavy (non-hydrogen) atoms. The van der Waals surface area contributed by atoms with Crippen molar-refractivity contribution in [3.05, 3.63) is 130 Å². The van der Waals surface area contributed by atoms with Crippen LogP contribution >= 0.6 is 15.9 Å². The number of halogens is 1. The molecule has 2 fully saturated rings. The van der Waals surface area contributed by atoms with Gasteiger partial charge in [0.2, 0.25) is 11.8 Å². The highest BCUT2D eigenvalue weighted by molar-refractivity contribution is 9.10. The Hall–Kier alpha value is -4.15. The van der Waals surface area contributed by atoms with Crippen LogP contribution < -0.4 is 10.4 Å². The van der Waals surface area contributed by atoms with Gasteiger partial charge in [0.15, 0.2) is 0 Å². The Kier molecular flexibility index (Phi) is 11.2. The summed E-state index contributed by atoms with van der Waals surface area (Å²) < 4.78 is 15.1. The predicted octanol–water partition coefficient (Wildman–Crippen LogP) is 8.17. The minimum atomic E-state index is -2.91. The summed E-state index contributed by atoms with van der Waals surface area (Å²) in [6, 6.07) is 32.5. The maximum atomic E-state index is 14.0. The topological polar surface area (TPSA) is 89.0 Å². The quantitative estimate of drug-likeness (QED) is 0.0884. The third kappa shape index (κ3) is 7.19. The Labute approximate surface area is 328 Å². The first-order valence-electron chi connectivity index (χ1n) is 19.1. The fourth-order valence-corrected chi connectivity index (χ4v) is 13.9. The highest BCUT2D eigenvalue weighted by Crippen LogP contribution is 2.50. The van der Waals surface area contributed by atoms with E-state index in [0.29, 0.717) is 44.6 Å². The Morgan fingerprint density at radius 1 is 0.963 bits per heavy atom. The molecule has 0 unspecified atom stereocenters. The van der Waals surface area contributed by atoms with Gasteiger partial charge in [0.25, 0.3) is 8.32 Å². The van der Waals surface area contributed by atoms with Gasteiger partial charge in [0, 0.05) is 28.7 Å². The zero-order chi connectivity index (χ0) is 38.0. The molecule has 0 saturated carbocycles. The number of nitrogens with zero attached hydrogens (tertiary/aromatic N) is 2. The van der Waals surface area contributed by atoms with Gasteiger partial charge < -0.3 is 14.3 Å². The highest BCUT2D eigenvalue weighted by Gasteiger charge is 2.57. The zero-order valence-electron chi connectivity index (χ0n) is 31.5. The molecule has 7 rings (SSSR count). The third-order valence-corrected chi connectivity index (χ3v) is 16.9. The summed E-state index contributed by atoms with van der Waals surface area (Å²) in [6.45, 7) is 10.00. The SMILES string of the molecule is CCCN1C(=O)[C@@H]2[C@@H](CC(CO[Si](c3ccccc3)(c3ccccc3)C(C)(C)C)=C3[C@@H](CC/C(=C/c4cc(Br)ccc4O)c4ccccn4)OC[C@@H]32)C1=O. The number of carbonyl (C=O) groups excluding carboxylic acids is 2. The van der Waals surface area contributed by atoms with Gasteiger partial charge in [-0.25, -0.2) is 0 Å². The summed E-state index contributed by atoms with van der Waals surface area (Å²) in [6.07, 6.45) is 5.98. The number of hydrogen-bond donors (Lipinski definition) is 1. The molecular weight excluding hydrogens is 756 g/mol. The maximum absolute atomic E-state index is 14.0. The highest BCUT2D eigenvalue weighted by atomic mass is 79.9. The monoisotopic (exact) mass is 804 g/mol. The van der Waals surface area contributed by atoms with Gasteiger partial charge in [-0.05, 0) is 94.2 Å². The van der Waals surface area contributed by atoms with Gasteiger partial charge in [-0.3, -0.25) is 19.5 Å². The van der Waals surface area contributed by atoms with Crippen LogP contribution in [0.4, 0.5) is 0 Å². The number of imide groups is 1. The largest absolute Gasteiger partial charge is 0.507 e. The number of phenolic OH excluding ortho intramolecular Hbond substituents is 1. The molecule has 3 heterocycles. The summed E-state index contributed by atoms with van der Waals surface area (Å²) in [5.41, 5.74) is 4.70. The Balaban J connectivity index is 1.29. The number of carbonyl (C=O) groups is 2. The summed E-state index contributed by atoms with van der Waals surface area (Å²) in [5.74, 6) is -0.974. The van der Waals surface area contributed by atoms with E-state index in [2.05, 4.69) is 90.2 Å². The van der Waals surface area contributed by atoms with Crippen molar-refractivity contribution in [2.75, 3.05) is 19.8 Å². The lowest BCUT2D eigenvalue weighted by Gasteiger charge is -2.44. The molecule has 0 bridgehead atoms. The molecule has 2 amide bonds. The van der Waals surface area contributed by atoms with Crippen LogP contribution in [0.3, 0.4) is 0 Å². The number of amides is 2. The molecule has 3 aromatic carbocycles. The van der Waals surface area contributed by atoms with E-state index >= 15 is 0 Å². The van der Waals surface area contributed by atoms with Crippen molar-refractivity contribution < 1.29 is 23.9 Å². The van der Waals surface area contributed by atoms with E-state index in [1.165, 1.54) is 15.3 Å². The fourth-order valence-electron chi connectivity index (χ4n) is 9.01. The Morgan fingerprint density at radius 3 is 2.28 bits per heavy atom. The molecule has 7 nitrogen and oxygen atoms in total. The minimum absolute atomic E-state index is 0.0634. The lowest BCUT2D eigenvalue weighted by Crippen LogP contribution is -2.66. The molecule has 2 saturated heterocycles. The van der Waals surface area contributed by atoms with E-state index in [9.17, 15) is 14.7 Å². The Morgan fingerprint density at radius 2 is 1.65 bits per heavy atom. The van der Waals surface area contributed by atoms with Gasteiger partial charge in [0.05, 0.1) is 36.8 Å². The Bertz CT molecular complexity index is 2010. The van der Waals surface area contributed by atoms with Crippen molar-refractivity contribution in [3.63, 3.8) is 0 Å². The number of aromatic hydroxyl groups is 1. The zero-order valence-corrected chi connectivity index (χ0v) is 34.1. The number of benzene rings is 3. The molecule has 4 atom stereocenters. The fraction of sp³-hybridized carbons (Fsp3) is 0.356. The van der Waals surface area contributed by atoms with Crippen molar-refractivity contribution >= 4 is 58.1 Å². The molecule has 3 aliphatic rings. The number of pyridine rings is 1. The van der Waals surface area contributed by atoms with E-state index in [1.807, 2.05) is 55.5 Å². The molecule has 1 aromatic heterocycles. The third-order valence-electron chi connectivity index (χ3n) is 11.4. The number of phenols is 1. The van der Waals surface area contributed by atoms with Crippen LogP contribution in [0.2, 0.25) is 5.04 Å². The van der Waals surface area contributed by atoms with Gasteiger partial charge >= 0.3 is 0 Å². The molecular formula is C45H49BrN2O5Si. The number of ether oxygens (including phenoxy) is 1. The minimum Gasteiger partial charge on any atom is -0.507 e. The second-order valence-corrected chi connectivity index (χ2v) is 21.0. The normalized spacial score (nSPS) is 21.8. The average Bonchev–Trinajstić information content (AvgIpc) is 3.70. The lowest BCUT2D eigenvalue weighted by molar-refractivity contribution is -0.140. The molecule has 1 aliphatic carbocycles. The molecule has 9 heteroatoms. The molecule has 0 spiro atoms. The van der Waals surface area contributed by atoms with E-state index in [0.717, 1.165) is 33.3 Å². The number of rotatable bonds is 12. The molecule has 1 N–H and O–H groups in total. The molecule has 0 radical (unpaired) electrons. The van der Waals surface area contributed by atoms with Crippen LogP contribution in [0.5, 0.6) is 5.75 Å². The second kappa shape index (κ2) is 15.9. The van der Waals surface area contributed by atoms with Gasteiger partial charge in [0.1, 0.15) is 5.75 Å². The summed E-state index contributed by atoms with van der Waals surface area (Å²) in [7, 11) is -2.91. The molecule has 2 aliphatic heterocycles. The predicted molar refractivity (Wildman–Crippen MR) is 220 cm³/mol. The number of fused-ring (bicyclic) bond motifs is 3. The van der Waals surface area contributed by atoms with Gasteiger partial charge in [-0.15, -0.1) is 0 Å². The van der Waals surface area contributed by atoms with Crippen molar-refractivity contribution in [1.82, 2.24) is 9.88 Å². The van der Waals surface area contributed by atoms with Crippen LogP contribution in [0.15, 0.2) is 119 Å². The summed E-state index contributed by atoms with van der Waals surface area (Å²) in [4.78, 5) is 34.1. The summed E-state index contributed by atoms with van der Waals surface area (Å²) in [5, 5.41) is 12.9. The van der Waals surface area contributed by atoms with Crippen LogP contribution in [0.1, 0.15) is 64.6 Å². The van der Waals surface area contributed by atoms with Crippen LogP contribution in [-0.4, -0.2) is 61.0 Å². The standard InChI is InChI=1S/C45H49BrN2O5Si/c1-5-24-48-43(50)36-27-32(28-53-54(45(2,3)4,34-14-8-6-9-15-34)35-16-10-7-11-17-35)41-37(42(36)44(48)51)29-52-40(41)22-19-30(38-18-12-13-23-47-38)25-31-26-33(46)20-21-39(31)49/h6-18,20-21,23,25-26,36-37,40,42,49H,5,19,22,24,27-29H2,1-4H3/b30-25-/t36-,37+,40-,42-/m1/s1. The molecule has 280 valence electrons. The van der Waals surface area contributed by atoms with E-state index < -0.39 is 20.2 Å². The van der Waals surface area contributed by atoms with E-state index in [-0.39, 0.29) is 34.6 Å². The average molecular weight is 806 g/mol. The van der Waals surface area contributed by atoms with E-state index in [1.54, 1.807) is 12.3 Å². The van der Waals surface area contributed by atoms with Gasteiger partial charge in [-0.2, -0.15) is 0 Å². The number of hydrogen-bond acceptors (Lipinski definition) is 6. The molecule has 4 aromatic rings. The number of aromatic nitrogens is 1. The van der Waals surface area contributed by atoms with Crippen molar-refractivity contribution in [3.8, 4) is 5.75 Å². The lowest BCUT2D eigenvalue weighted by atomic mass is 9.69. The van der Waals surface area contributed by atoms with Crippen molar-refractivity contribution in [2.45, 2.75) is 64.5 Å². The van der Waals surface area contributed by atoms with Crippen LogP contribution in [-0.2, 0) is 18.8 Å². The van der Waals surface area contributed by atoms with Crippen LogP contribution in [0, 0.1) is 17.8 Å². The van der Waals surface area contributed by atoms with Crippen molar-refractivity contribution in [1.29, 1.82) is 0 Å². The van der Waals surface area contributed by atoms with E-state index in [4.69, 9.17) is 9.16 Å². The summed E-state index contributed by atoms with van der Waals surface area (Å²) >= 11 is 3.55. The van der Waals surface area contributed by atoms with Crippen molar-refractivity contribution in [2.24, 2.45) is 17.8 Å². The first-order valence-corrected chi connectivity index (χ1v) is 21.8.